The number of carbonyl (C=O) groups excluding carboxylic acids is 6. The summed E-state index contributed by atoms with van der Waals surface area (Å²) in [5.41, 5.74) is 1.42. The third-order valence-electron chi connectivity index (χ3n) is 13.3. The number of carbonyl (C=O) groups is 6. The van der Waals surface area contributed by atoms with E-state index in [0.717, 1.165) is 117 Å². The van der Waals surface area contributed by atoms with Gasteiger partial charge in [0, 0.05) is 112 Å². The molecule has 14 heteroatoms. The standard InChI is InChI=1S/C46H60N8O6/c55-41(33-9-1-2-10-33)47-17-5-19-49-25-29-51(30-26-49)21-7-23-53-43(57)35-13-15-37-40-38(16-14-36(39(35)40)44(53)58)46(60)54(45(37)59)24-8-22-52-31-27-50(28-32-52)20-6-18-48-42(56)34-11-3-4-12-34/h1,3,9,11,13-16,33-34H,2,4-8,10,12,17-32H2,(H,47,55)(H,48,56)/t33-,34-/m0/s1. The van der Waals surface area contributed by atoms with Crippen LogP contribution in [0.3, 0.4) is 0 Å². The summed E-state index contributed by atoms with van der Waals surface area (Å²) in [5, 5.41) is 6.96. The third kappa shape index (κ3) is 9.26. The van der Waals surface area contributed by atoms with Crippen LogP contribution in [-0.4, -0.2) is 170 Å². The predicted octanol–water partition coefficient (Wildman–Crippen LogP) is 2.99. The van der Waals surface area contributed by atoms with Gasteiger partial charge in [0.15, 0.2) is 0 Å². The summed E-state index contributed by atoms with van der Waals surface area (Å²) in [5.74, 6) is -1.22. The largest absolute Gasteiger partial charge is 0.356 e. The number of allylic oxidation sites excluding steroid dienone is 2. The molecule has 0 unspecified atom stereocenters. The first kappa shape index (κ1) is 42.0. The molecule has 2 fully saturated rings. The van der Waals surface area contributed by atoms with Crippen molar-refractivity contribution in [1.29, 1.82) is 0 Å². The van der Waals surface area contributed by atoms with Crippen molar-refractivity contribution >= 4 is 46.2 Å². The molecule has 6 amide bonds. The van der Waals surface area contributed by atoms with Gasteiger partial charge >= 0.3 is 0 Å². The van der Waals surface area contributed by atoms with Gasteiger partial charge in [-0.05, 0) is 102 Å². The van der Waals surface area contributed by atoms with Crippen LogP contribution in [-0.2, 0) is 9.59 Å². The Balaban J connectivity index is 0.768. The Kier molecular flexibility index (Phi) is 13.5. The summed E-state index contributed by atoms with van der Waals surface area (Å²) in [7, 11) is 0. The molecule has 60 heavy (non-hydrogen) atoms. The zero-order chi connectivity index (χ0) is 41.6. The number of rotatable bonds is 18. The fourth-order valence-electron chi connectivity index (χ4n) is 9.75. The average Bonchev–Trinajstić information content (AvgIpc) is 4.02. The molecule has 0 aromatic heterocycles. The van der Waals surface area contributed by atoms with Gasteiger partial charge in [0.1, 0.15) is 0 Å². The van der Waals surface area contributed by atoms with Gasteiger partial charge in [-0.1, -0.05) is 24.3 Å². The fourth-order valence-corrected chi connectivity index (χ4v) is 9.75. The molecule has 2 saturated heterocycles. The van der Waals surface area contributed by atoms with Crippen LogP contribution in [0.25, 0.3) is 10.8 Å². The molecule has 2 atom stereocenters. The van der Waals surface area contributed by atoms with E-state index in [4.69, 9.17) is 0 Å². The topological polar surface area (TPSA) is 146 Å². The lowest BCUT2D eigenvalue weighted by molar-refractivity contribution is -0.124. The molecule has 2 aliphatic carbocycles. The highest BCUT2D eigenvalue weighted by Gasteiger charge is 2.39. The number of hydrogen-bond acceptors (Lipinski definition) is 10. The summed E-state index contributed by atoms with van der Waals surface area (Å²) in [4.78, 5) is 92.0. The van der Waals surface area contributed by atoms with Crippen molar-refractivity contribution in [3.8, 4) is 0 Å². The fraction of sp³-hybridized carbons (Fsp3) is 0.565. The first-order valence-corrected chi connectivity index (χ1v) is 22.4. The van der Waals surface area contributed by atoms with E-state index < -0.39 is 0 Å². The molecular weight excluding hydrogens is 761 g/mol. The van der Waals surface area contributed by atoms with Gasteiger partial charge in [0.25, 0.3) is 23.6 Å². The van der Waals surface area contributed by atoms with Gasteiger partial charge in [-0.2, -0.15) is 0 Å². The van der Waals surface area contributed by atoms with Crippen molar-refractivity contribution in [3.05, 3.63) is 70.8 Å². The highest BCUT2D eigenvalue weighted by Crippen LogP contribution is 2.38. The normalized spacial score (nSPS) is 22.5. The molecule has 0 radical (unpaired) electrons. The Morgan fingerprint density at radius 3 is 1.08 bits per heavy atom. The maximum Gasteiger partial charge on any atom is 0.261 e. The molecule has 4 aliphatic heterocycles. The van der Waals surface area contributed by atoms with E-state index in [1.807, 2.05) is 12.2 Å². The lowest BCUT2D eigenvalue weighted by Crippen LogP contribution is -2.48. The number of nitrogens with zero attached hydrogens (tertiary/aromatic N) is 6. The second-order valence-electron chi connectivity index (χ2n) is 17.2. The van der Waals surface area contributed by atoms with Gasteiger partial charge in [-0.15, -0.1) is 0 Å². The molecule has 14 nitrogen and oxygen atoms in total. The Morgan fingerprint density at radius 2 is 0.783 bits per heavy atom. The number of hydrogen-bond donors (Lipinski definition) is 2. The van der Waals surface area contributed by atoms with Gasteiger partial charge in [-0.25, -0.2) is 0 Å². The molecule has 0 bridgehead atoms. The van der Waals surface area contributed by atoms with Gasteiger partial charge in [-0.3, -0.25) is 38.6 Å². The van der Waals surface area contributed by atoms with E-state index in [-0.39, 0.29) is 60.4 Å². The lowest BCUT2D eigenvalue weighted by Gasteiger charge is -2.36. The number of benzene rings is 2. The first-order valence-electron chi connectivity index (χ1n) is 22.4. The summed E-state index contributed by atoms with van der Waals surface area (Å²) in [6, 6.07) is 6.59. The molecule has 0 saturated carbocycles. The monoisotopic (exact) mass is 820 g/mol. The van der Waals surface area contributed by atoms with Crippen LogP contribution in [0, 0.1) is 11.8 Å². The zero-order valence-electron chi connectivity index (χ0n) is 34.9. The highest BCUT2D eigenvalue weighted by molar-refractivity contribution is 6.33. The smallest absolute Gasteiger partial charge is 0.261 e. The van der Waals surface area contributed by atoms with Gasteiger partial charge in [0.2, 0.25) is 11.8 Å². The van der Waals surface area contributed by atoms with E-state index >= 15 is 0 Å². The Morgan fingerprint density at radius 1 is 0.467 bits per heavy atom. The van der Waals surface area contributed by atoms with Crippen LogP contribution in [0.4, 0.5) is 0 Å². The quantitative estimate of drug-likeness (QED) is 0.131. The number of imide groups is 2. The van der Waals surface area contributed by atoms with Crippen molar-refractivity contribution in [3.63, 3.8) is 0 Å². The molecule has 2 N–H and O–H groups in total. The zero-order valence-corrected chi connectivity index (χ0v) is 34.9. The minimum atomic E-state index is -0.386. The van der Waals surface area contributed by atoms with Crippen molar-refractivity contribution in [2.75, 3.05) is 105 Å². The number of nitrogens with one attached hydrogen (secondary N) is 2. The van der Waals surface area contributed by atoms with Gasteiger partial charge < -0.3 is 30.2 Å². The van der Waals surface area contributed by atoms with E-state index in [1.165, 1.54) is 9.80 Å². The molecule has 8 rings (SSSR count). The molecule has 4 heterocycles. The maximum atomic E-state index is 13.8. The maximum absolute atomic E-state index is 13.8. The number of piperazine rings is 2. The molecule has 6 aliphatic rings. The molecule has 0 spiro atoms. The molecule has 320 valence electrons. The Bertz CT molecular complexity index is 1820. The van der Waals surface area contributed by atoms with Crippen molar-refractivity contribution < 1.29 is 28.8 Å². The highest BCUT2D eigenvalue weighted by atomic mass is 16.2. The van der Waals surface area contributed by atoms with E-state index in [1.54, 1.807) is 24.3 Å². The van der Waals surface area contributed by atoms with Crippen LogP contribution in [0.2, 0.25) is 0 Å². The van der Waals surface area contributed by atoms with Crippen LogP contribution in [0.1, 0.15) is 92.8 Å². The summed E-state index contributed by atoms with van der Waals surface area (Å²) in [6.07, 6.45) is 15.1. The summed E-state index contributed by atoms with van der Waals surface area (Å²) >= 11 is 0. The van der Waals surface area contributed by atoms with Crippen LogP contribution >= 0.6 is 0 Å². The Labute approximate surface area is 352 Å². The van der Waals surface area contributed by atoms with Crippen LogP contribution < -0.4 is 10.6 Å². The predicted molar refractivity (Wildman–Crippen MR) is 229 cm³/mol. The SMILES string of the molecule is O=C(NCCCN1CCN(CCCN2C(=O)c3ccc4c5c(ccc(c35)C2=O)C(=O)N(CCCN2CCN(CCCNC(=O)[C@H]3C=CCC3)CC2)C4=O)CC1)[C@H]1C=CCC1. The molecule has 2 aromatic rings. The summed E-state index contributed by atoms with van der Waals surface area (Å²) < 4.78 is 0. The Hall–Kier alpha value is -4.76. The van der Waals surface area contributed by atoms with Gasteiger partial charge in [0.05, 0.1) is 11.8 Å². The van der Waals surface area contributed by atoms with Crippen LogP contribution in [0.15, 0.2) is 48.6 Å². The van der Waals surface area contributed by atoms with Crippen molar-refractivity contribution in [2.45, 2.75) is 51.4 Å². The second-order valence-corrected chi connectivity index (χ2v) is 17.2. The lowest BCUT2D eigenvalue weighted by atomic mass is 9.86. The second kappa shape index (κ2) is 19.3. The van der Waals surface area contributed by atoms with Crippen molar-refractivity contribution in [2.24, 2.45) is 11.8 Å². The summed E-state index contributed by atoms with van der Waals surface area (Å²) in [6.45, 7) is 12.8. The molecule has 2 aromatic carbocycles. The average molecular weight is 821 g/mol. The van der Waals surface area contributed by atoms with E-state index in [9.17, 15) is 28.8 Å². The minimum Gasteiger partial charge on any atom is -0.356 e. The van der Waals surface area contributed by atoms with Crippen molar-refractivity contribution in [1.82, 2.24) is 40.0 Å². The minimum absolute atomic E-state index is 0.0281. The first-order chi connectivity index (χ1) is 29.3. The number of amides is 6. The van der Waals surface area contributed by atoms with Crippen LogP contribution in [0.5, 0.6) is 0 Å². The third-order valence-corrected chi connectivity index (χ3v) is 13.3. The van der Waals surface area contributed by atoms with E-state index in [0.29, 0.717) is 59.0 Å². The van der Waals surface area contributed by atoms with E-state index in [2.05, 4.69) is 42.4 Å². The molecular formula is C46H60N8O6.